The van der Waals surface area contributed by atoms with Gasteiger partial charge in [-0.3, -0.25) is 9.89 Å². The van der Waals surface area contributed by atoms with E-state index in [2.05, 4.69) is 22.1 Å². The lowest BCUT2D eigenvalue weighted by Gasteiger charge is -2.22. The summed E-state index contributed by atoms with van der Waals surface area (Å²) in [5, 5.41) is 7.49. The average molecular weight is 359 g/mol. The fourth-order valence-electron chi connectivity index (χ4n) is 3.50. The van der Waals surface area contributed by atoms with Gasteiger partial charge in [0.1, 0.15) is 6.33 Å². The van der Waals surface area contributed by atoms with Crippen LogP contribution < -0.4 is 0 Å². The SMILES string of the molecule is CCCC1CCCN(C(=O)c2ccccc2CSc2ncn[nH]2)CC1. The number of thioether (sulfide) groups is 1. The van der Waals surface area contributed by atoms with Crippen LogP contribution in [0.25, 0.3) is 0 Å². The number of aromatic amines is 1. The molecule has 1 N–H and O–H groups in total. The van der Waals surface area contributed by atoms with Gasteiger partial charge in [0, 0.05) is 24.4 Å². The van der Waals surface area contributed by atoms with Gasteiger partial charge in [0.2, 0.25) is 0 Å². The number of H-pyrrole nitrogens is 1. The van der Waals surface area contributed by atoms with E-state index < -0.39 is 0 Å². The van der Waals surface area contributed by atoms with Crippen molar-refractivity contribution in [3.05, 3.63) is 41.7 Å². The van der Waals surface area contributed by atoms with Crippen LogP contribution in [0, 0.1) is 5.92 Å². The number of amides is 1. The Kier molecular flexibility index (Phi) is 6.50. The molecule has 0 bridgehead atoms. The van der Waals surface area contributed by atoms with Crippen LogP contribution in [0.5, 0.6) is 0 Å². The highest BCUT2D eigenvalue weighted by Gasteiger charge is 2.22. The first-order valence-corrected chi connectivity index (χ1v) is 10.1. The average Bonchev–Trinajstić information content (AvgIpc) is 3.05. The summed E-state index contributed by atoms with van der Waals surface area (Å²) in [6.07, 6.45) is 7.52. The van der Waals surface area contributed by atoms with Gasteiger partial charge < -0.3 is 4.90 Å². The minimum Gasteiger partial charge on any atom is -0.339 e. The second-order valence-corrected chi connectivity index (χ2v) is 7.58. The molecule has 0 aliphatic carbocycles. The number of likely N-dealkylation sites (tertiary alicyclic amines) is 1. The summed E-state index contributed by atoms with van der Waals surface area (Å²) in [5.74, 6) is 1.66. The molecule has 3 rings (SSSR count). The number of nitrogens with one attached hydrogen (secondary N) is 1. The Hall–Kier alpha value is -1.82. The summed E-state index contributed by atoms with van der Waals surface area (Å²) < 4.78 is 0. The summed E-state index contributed by atoms with van der Waals surface area (Å²) in [6.45, 7) is 4.01. The molecule has 0 radical (unpaired) electrons. The van der Waals surface area contributed by atoms with Crippen LogP contribution in [0.1, 0.15) is 54.9 Å². The van der Waals surface area contributed by atoms with Crippen molar-refractivity contribution in [3.8, 4) is 0 Å². The van der Waals surface area contributed by atoms with Crippen molar-refractivity contribution >= 4 is 17.7 Å². The molecule has 1 fully saturated rings. The fraction of sp³-hybridized carbons (Fsp3) is 0.526. The Labute approximate surface area is 153 Å². The summed E-state index contributed by atoms with van der Waals surface area (Å²) in [4.78, 5) is 19.3. The normalized spacial score (nSPS) is 18.1. The molecule has 2 aromatic rings. The molecule has 0 spiro atoms. The molecule has 5 nitrogen and oxygen atoms in total. The molecule has 1 aliphatic rings. The molecule has 1 aromatic carbocycles. The zero-order valence-corrected chi connectivity index (χ0v) is 15.6. The summed E-state index contributed by atoms with van der Waals surface area (Å²) in [6, 6.07) is 7.93. The van der Waals surface area contributed by atoms with Gasteiger partial charge in [-0.2, -0.15) is 5.10 Å². The summed E-state index contributed by atoms with van der Waals surface area (Å²) in [5.41, 5.74) is 1.88. The number of nitrogens with zero attached hydrogens (tertiary/aromatic N) is 3. The molecule has 1 aliphatic heterocycles. The van der Waals surface area contributed by atoms with Gasteiger partial charge in [-0.1, -0.05) is 49.7 Å². The van der Waals surface area contributed by atoms with E-state index in [0.717, 1.165) is 48.1 Å². The van der Waals surface area contributed by atoms with Crippen LogP contribution >= 0.6 is 11.8 Å². The van der Waals surface area contributed by atoms with Crippen LogP contribution in [0.4, 0.5) is 0 Å². The molecule has 1 amide bonds. The van der Waals surface area contributed by atoms with Crippen molar-refractivity contribution in [2.75, 3.05) is 13.1 Å². The highest BCUT2D eigenvalue weighted by molar-refractivity contribution is 7.98. The number of aromatic nitrogens is 3. The smallest absolute Gasteiger partial charge is 0.254 e. The summed E-state index contributed by atoms with van der Waals surface area (Å²) in [7, 11) is 0. The zero-order valence-electron chi connectivity index (χ0n) is 14.8. The van der Waals surface area contributed by atoms with Crippen LogP contribution in [0.2, 0.25) is 0 Å². The van der Waals surface area contributed by atoms with Crippen molar-refractivity contribution in [3.63, 3.8) is 0 Å². The van der Waals surface area contributed by atoms with Crippen molar-refractivity contribution in [1.82, 2.24) is 20.1 Å². The quantitative estimate of drug-likeness (QED) is 0.788. The maximum atomic E-state index is 13.1. The highest BCUT2D eigenvalue weighted by atomic mass is 32.2. The Balaban J connectivity index is 1.67. The third kappa shape index (κ3) is 4.84. The maximum Gasteiger partial charge on any atom is 0.254 e. The molecule has 25 heavy (non-hydrogen) atoms. The van der Waals surface area contributed by atoms with Crippen molar-refractivity contribution in [2.24, 2.45) is 5.92 Å². The predicted octanol–water partition coefficient (Wildman–Crippen LogP) is 4.14. The molecule has 1 aromatic heterocycles. The number of benzene rings is 1. The number of carbonyl (C=O) groups excluding carboxylic acids is 1. The Bertz CT molecular complexity index is 674. The molecule has 0 saturated carbocycles. The van der Waals surface area contributed by atoms with E-state index in [1.54, 1.807) is 11.8 Å². The van der Waals surface area contributed by atoms with E-state index in [0.29, 0.717) is 5.75 Å². The highest BCUT2D eigenvalue weighted by Crippen LogP contribution is 2.25. The third-order valence-electron chi connectivity index (χ3n) is 4.84. The van der Waals surface area contributed by atoms with Crippen molar-refractivity contribution < 1.29 is 4.79 Å². The largest absolute Gasteiger partial charge is 0.339 e. The van der Waals surface area contributed by atoms with Gasteiger partial charge in [0.25, 0.3) is 5.91 Å². The minimum absolute atomic E-state index is 0.172. The lowest BCUT2D eigenvalue weighted by atomic mass is 9.96. The molecule has 2 heterocycles. The van der Waals surface area contributed by atoms with Gasteiger partial charge in [-0.05, 0) is 36.8 Å². The molecular formula is C19H26N4OS. The first-order valence-electron chi connectivity index (χ1n) is 9.13. The van der Waals surface area contributed by atoms with Gasteiger partial charge in [0.15, 0.2) is 5.16 Å². The van der Waals surface area contributed by atoms with E-state index in [4.69, 9.17) is 0 Å². The van der Waals surface area contributed by atoms with E-state index in [-0.39, 0.29) is 5.91 Å². The predicted molar refractivity (Wildman–Crippen MR) is 101 cm³/mol. The number of hydrogen-bond donors (Lipinski definition) is 1. The maximum absolute atomic E-state index is 13.1. The van der Waals surface area contributed by atoms with Crippen LogP contribution in [-0.4, -0.2) is 39.1 Å². The van der Waals surface area contributed by atoms with Gasteiger partial charge in [-0.25, -0.2) is 4.98 Å². The molecular weight excluding hydrogens is 332 g/mol. The minimum atomic E-state index is 0.172. The second kappa shape index (κ2) is 9.04. The Morgan fingerprint density at radius 2 is 2.20 bits per heavy atom. The standard InChI is InChI=1S/C19H26N4OS/c1-2-6-15-7-5-11-23(12-10-15)18(24)17-9-4-3-8-16(17)13-25-19-20-14-21-22-19/h3-4,8-9,14-15H,2,5-7,10-13H2,1H3,(H,20,21,22). The van der Waals surface area contributed by atoms with Gasteiger partial charge in [0.05, 0.1) is 0 Å². The molecule has 1 saturated heterocycles. The van der Waals surface area contributed by atoms with Gasteiger partial charge >= 0.3 is 0 Å². The van der Waals surface area contributed by atoms with Crippen molar-refractivity contribution in [2.45, 2.75) is 49.9 Å². The molecule has 1 unspecified atom stereocenters. The fourth-order valence-corrected chi connectivity index (χ4v) is 4.28. The molecule has 134 valence electrons. The van der Waals surface area contributed by atoms with E-state index in [9.17, 15) is 4.79 Å². The van der Waals surface area contributed by atoms with Crippen LogP contribution in [-0.2, 0) is 5.75 Å². The second-order valence-electron chi connectivity index (χ2n) is 6.61. The lowest BCUT2D eigenvalue weighted by Crippen LogP contribution is -2.32. The third-order valence-corrected chi connectivity index (χ3v) is 5.76. The topological polar surface area (TPSA) is 61.9 Å². The lowest BCUT2D eigenvalue weighted by molar-refractivity contribution is 0.0759. The van der Waals surface area contributed by atoms with Crippen LogP contribution in [0.15, 0.2) is 35.7 Å². The number of hydrogen-bond acceptors (Lipinski definition) is 4. The monoisotopic (exact) mass is 358 g/mol. The zero-order chi connectivity index (χ0) is 17.5. The van der Waals surface area contributed by atoms with Gasteiger partial charge in [-0.15, -0.1) is 0 Å². The molecule has 1 atom stereocenters. The first-order chi connectivity index (χ1) is 12.3. The Morgan fingerprint density at radius 3 is 3.00 bits per heavy atom. The number of carbonyl (C=O) groups is 1. The van der Waals surface area contributed by atoms with E-state index in [1.165, 1.54) is 25.6 Å². The van der Waals surface area contributed by atoms with Crippen molar-refractivity contribution in [1.29, 1.82) is 0 Å². The Morgan fingerprint density at radius 1 is 1.32 bits per heavy atom. The number of rotatable bonds is 6. The van der Waals surface area contributed by atoms with Crippen LogP contribution in [0.3, 0.4) is 0 Å². The summed E-state index contributed by atoms with van der Waals surface area (Å²) >= 11 is 1.57. The molecule has 6 heteroatoms. The first kappa shape index (κ1) is 18.0. The van der Waals surface area contributed by atoms with E-state index in [1.807, 2.05) is 29.2 Å². The van der Waals surface area contributed by atoms with E-state index >= 15 is 0 Å².